The van der Waals surface area contributed by atoms with Crippen molar-refractivity contribution in [3.63, 3.8) is 0 Å². The molecule has 1 fully saturated rings. The number of ketones is 1. The second-order valence-electron chi connectivity index (χ2n) is 9.05. The minimum atomic E-state index is -0.156. The number of rotatable bonds is 6. The highest BCUT2D eigenvalue weighted by Crippen LogP contribution is 2.32. The maximum absolute atomic E-state index is 13.4. The molecule has 2 atom stereocenters. The summed E-state index contributed by atoms with van der Waals surface area (Å²) in [6, 6.07) is 18.5. The number of carbonyl (C=O) groups excluding carboxylic acids is 2. The molecular formula is C28H28N4O4. The van der Waals surface area contributed by atoms with Crippen molar-refractivity contribution in [2.75, 3.05) is 27.3 Å². The first-order valence-corrected chi connectivity index (χ1v) is 12.0. The number of hydrogen-bond acceptors (Lipinski definition) is 6. The summed E-state index contributed by atoms with van der Waals surface area (Å²) in [5.41, 5.74) is 3.27. The Labute approximate surface area is 209 Å². The predicted octanol–water partition coefficient (Wildman–Crippen LogP) is 4.39. The lowest BCUT2D eigenvalue weighted by atomic mass is 9.81. The van der Waals surface area contributed by atoms with Crippen LogP contribution < -0.4 is 9.47 Å². The Kier molecular flexibility index (Phi) is 6.41. The number of hydrogen-bond donors (Lipinski definition) is 0. The summed E-state index contributed by atoms with van der Waals surface area (Å²) in [7, 11) is 3.18. The molecule has 1 saturated heterocycles. The smallest absolute Gasteiger partial charge is 0.274 e. The molecule has 0 spiro atoms. The van der Waals surface area contributed by atoms with Crippen LogP contribution in [0.3, 0.4) is 0 Å². The van der Waals surface area contributed by atoms with E-state index in [0.717, 1.165) is 16.8 Å². The molecule has 1 amide bonds. The molecule has 8 nitrogen and oxygen atoms in total. The molecular weight excluding hydrogens is 456 g/mol. The molecule has 36 heavy (non-hydrogen) atoms. The first-order chi connectivity index (χ1) is 17.5. The number of fused-ring (bicyclic) bond motifs is 1. The van der Waals surface area contributed by atoms with Gasteiger partial charge in [-0.1, -0.05) is 37.3 Å². The Morgan fingerprint density at radius 1 is 0.972 bits per heavy atom. The van der Waals surface area contributed by atoms with Crippen molar-refractivity contribution in [3.05, 3.63) is 78.1 Å². The van der Waals surface area contributed by atoms with Crippen LogP contribution in [0.25, 0.3) is 16.9 Å². The lowest BCUT2D eigenvalue weighted by Crippen LogP contribution is -2.45. The van der Waals surface area contributed by atoms with Crippen molar-refractivity contribution in [2.24, 2.45) is 11.8 Å². The van der Waals surface area contributed by atoms with E-state index in [0.29, 0.717) is 42.4 Å². The number of likely N-dealkylation sites (tertiary alicyclic amines) is 1. The summed E-state index contributed by atoms with van der Waals surface area (Å²) in [4.78, 5) is 32.6. The van der Waals surface area contributed by atoms with Crippen molar-refractivity contribution in [1.82, 2.24) is 19.5 Å². The normalized spacial score (nSPS) is 17.7. The van der Waals surface area contributed by atoms with E-state index >= 15 is 0 Å². The maximum Gasteiger partial charge on any atom is 0.274 e. The minimum Gasteiger partial charge on any atom is -0.493 e. The second kappa shape index (κ2) is 9.81. The number of nitrogens with zero attached hydrogens (tertiary/aromatic N) is 4. The summed E-state index contributed by atoms with van der Waals surface area (Å²) < 4.78 is 12.5. The Morgan fingerprint density at radius 3 is 2.47 bits per heavy atom. The van der Waals surface area contributed by atoms with Crippen molar-refractivity contribution >= 4 is 17.3 Å². The average molecular weight is 485 g/mol. The zero-order valence-electron chi connectivity index (χ0n) is 20.5. The van der Waals surface area contributed by atoms with E-state index in [4.69, 9.17) is 9.47 Å². The number of methoxy groups -OCH3 is 2. The highest BCUT2D eigenvalue weighted by molar-refractivity contribution is 5.98. The fourth-order valence-corrected chi connectivity index (χ4v) is 4.91. The van der Waals surface area contributed by atoms with Crippen LogP contribution in [-0.4, -0.2) is 58.5 Å². The fourth-order valence-electron chi connectivity index (χ4n) is 4.91. The zero-order valence-corrected chi connectivity index (χ0v) is 20.5. The molecule has 1 aliphatic heterocycles. The molecule has 0 radical (unpaired) electrons. The van der Waals surface area contributed by atoms with E-state index in [9.17, 15) is 9.59 Å². The molecule has 2 aromatic carbocycles. The number of amides is 1. The van der Waals surface area contributed by atoms with Gasteiger partial charge in [0.1, 0.15) is 0 Å². The third-order valence-electron chi connectivity index (χ3n) is 6.84. The lowest BCUT2D eigenvalue weighted by molar-refractivity contribution is 0.0556. The predicted molar refractivity (Wildman–Crippen MR) is 135 cm³/mol. The molecule has 3 heterocycles. The summed E-state index contributed by atoms with van der Waals surface area (Å²) in [5, 5.41) is 4.61. The molecule has 2 aromatic heterocycles. The number of carbonyl (C=O) groups is 2. The topological polar surface area (TPSA) is 86.0 Å². The van der Waals surface area contributed by atoms with Crippen LogP contribution in [-0.2, 0) is 0 Å². The number of ether oxygens (including phenoxy) is 2. The molecule has 5 rings (SSSR count). The Hall–Kier alpha value is -4.20. The molecule has 0 saturated carbocycles. The third kappa shape index (κ3) is 4.30. The van der Waals surface area contributed by atoms with Crippen molar-refractivity contribution < 1.29 is 19.1 Å². The average Bonchev–Trinajstić information content (AvgIpc) is 3.37. The van der Waals surface area contributed by atoms with E-state index in [1.807, 2.05) is 61.5 Å². The van der Waals surface area contributed by atoms with Crippen LogP contribution in [0.1, 0.15) is 34.2 Å². The standard InChI is InChI=1S/C28H28N4O4/c1-18-17-31(14-12-21(18)27(33)19-7-5-4-6-8-19)28(34)22-16-26-29-13-11-23(32(26)30-22)20-9-10-24(35-2)25(15-20)36-3/h4-11,13,15-16,18,21H,12,14,17H2,1-3H3/t18-,21?/m1/s1. The van der Waals surface area contributed by atoms with Crippen LogP contribution in [0.2, 0.25) is 0 Å². The Balaban J connectivity index is 1.37. The molecule has 1 aliphatic rings. The van der Waals surface area contributed by atoms with Crippen LogP contribution in [0.15, 0.2) is 66.9 Å². The molecule has 0 N–H and O–H groups in total. The van der Waals surface area contributed by atoms with Gasteiger partial charge in [0.25, 0.3) is 5.91 Å². The molecule has 8 heteroatoms. The van der Waals surface area contributed by atoms with Crippen LogP contribution in [0.5, 0.6) is 11.5 Å². The van der Waals surface area contributed by atoms with Gasteiger partial charge < -0.3 is 14.4 Å². The monoisotopic (exact) mass is 484 g/mol. The lowest BCUT2D eigenvalue weighted by Gasteiger charge is -2.35. The van der Waals surface area contributed by atoms with Gasteiger partial charge in [0.2, 0.25) is 0 Å². The molecule has 0 aliphatic carbocycles. The van der Waals surface area contributed by atoms with E-state index in [1.54, 1.807) is 35.9 Å². The van der Waals surface area contributed by atoms with Crippen molar-refractivity contribution in [1.29, 1.82) is 0 Å². The molecule has 1 unspecified atom stereocenters. The number of Topliss-reactive ketones (excluding diaryl/α,β-unsaturated/α-hetero) is 1. The van der Waals surface area contributed by atoms with Crippen molar-refractivity contribution in [3.8, 4) is 22.8 Å². The van der Waals surface area contributed by atoms with E-state index in [2.05, 4.69) is 10.1 Å². The molecule has 0 bridgehead atoms. The van der Waals surface area contributed by atoms with Gasteiger partial charge in [0.15, 0.2) is 28.6 Å². The van der Waals surface area contributed by atoms with Gasteiger partial charge >= 0.3 is 0 Å². The van der Waals surface area contributed by atoms with Gasteiger partial charge in [-0.2, -0.15) is 5.10 Å². The summed E-state index contributed by atoms with van der Waals surface area (Å²) in [6.45, 7) is 3.05. The SMILES string of the molecule is COc1ccc(-c2ccnc3cc(C(=O)N4CCC(C(=O)c5ccccc5)[C@H](C)C4)nn23)cc1OC. The first-order valence-electron chi connectivity index (χ1n) is 12.0. The quantitative estimate of drug-likeness (QED) is 0.377. The van der Waals surface area contributed by atoms with Crippen LogP contribution in [0, 0.1) is 11.8 Å². The maximum atomic E-state index is 13.4. The fraction of sp³-hybridized carbons (Fsp3) is 0.286. The van der Waals surface area contributed by atoms with Gasteiger partial charge in [-0.15, -0.1) is 0 Å². The summed E-state index contributed by atoms with van der Waals surface area (Å²) in [6.07, 6.45) is 2.32. The van der Waals surface area contributed by atoms with Gasteiger partial charge in [-0.3, -0.25) is 9.59 Å². The van der Waals surface area contributed by atoms with E-state index in [-0.39, 0.29) is 23.5 Å². The largest absolute Gasteiger partial charge is 0.493 e. The highest BCUT2D eigenvalue weighted by Gasteiger charge is 2.34. The van der Waals surface area contributed by atoms with Crippen LogP contribution in [0.4, 0.5) is 0 Å². The zero-order chi connectivity index (χ0) is 25.2. The molecule has 4 aromatic rings. The minimum absolute atomic E-state index is 0.0490. The van der Waals surface area contributed by atoms with Crippen LogP contribution >= 0.6 is 0 Å². The van der Waals surface area contributed by atoms with Gasteiger partial charge in [-0.25, -0.2) is 9.50 Å². The molecule has 184 valence electrons. The van der Waals surface area contributed by atoms with E-state index in [1.165, 1.54) is 0 Å². The number of aromatic nitrogens is 3. The Bertz CT molecular complexity index is 1420. The van der Waals surface area contributed by atoms with Gasteiger partial charge in [0.05, 0.1) is 19.9 Å². The first kappa shape index (κ1) is 23.5. The van der Waals surface area contributed by atoms with E-state index < -0.39 is 0 Å². The Morgan fingerprint density at radius 2 is 1.75 bits per heavy atom. The number of piperidine rings is 1. The second-order valence-corrected chi connectivity index (χ2v) is 9.05. The van der Waals surface area contributed by atoms with Gasteiger partial charge in [-0.05, 0) is 36.6 Å². The van der Waals surface area contributed by atoms with Gasteiger partial charge in [0, 0.05) is 42.4 Å². The summed E-state index contributed by atoms with van der Waals surface area (Å²) in [5.74, 6) is 1.17. The summed E-state index contributed by atoms with van der Waals surface area (Å²) >= 11 is 0. The van der Waals surface area contributed by atoms with Crippen molar-refractivity contribution in [2.45, 2.75) is 13.3 Å². The number of benzene rings is 2. The third-order valence-corrected chi connectivity index (χ3v) is 6.84. The highest BCUT2D eigenvalue weighted by atomic mass is 16.5.